The monoisotopic (exact) mass is 455 g/mol. The van der Waals surface area contributed by atoms with Gasteiger partial charge in [0.1, 0.15) is 0 Å². The first-order chi connectivity index (χ1) is 13.4. The molecule has 0 aromatic heterocycles. The molecule has 0 spiro atoms. The first-order valence-electron chi connectivity index (χ1n) is 8.16. The van der Waals surface area contributed by atoms with E-state index in [4.69, 9.17) is 12.2 Å². The summed E-state index contributed by atoms with van der Waals surface area (Å²) in [6, 6.07) is 18.0. The number of rotatable bonds is 4. The number of thiocarbonyl (C=S) groups is 1. The van der Waals surface area contributed by atoms with E-state index in [1.807, 2.05) is 42.5 Å². The molecule has 3 aromatic rings. The van der Waals surface area contributed by atoms with Crippen LogP contribution in [0.1, 0.15) is 5.56 Å². The molecule has 140 valence electrons. The third kappa shape index (κ3) is 4.79. The van der Waals surface area contributed by atoms with E-state index < -0.39 is 4.92 Å². The number of amides is 1. The first kappa shape index (κ1) is 19.7. The van der Waals surface area contributed by atoms with Crippen LogP contribution in [0.2, 0.25) is 0 Å². The van der Waals surface area contributed by atoms with Crippen molar-refractivity contribution in [2.24, 2.45) is 0 Å². The van der Waals surface area contributed by atoms with Crippen LogP contribution < -0.4 is 10.6 Å². The second-order valence-corrected chi connectivity index (χ2v) is 7.03. The average molecular weight is 456 g/mol. The van der Waals surface area contributed by atoms with Crippen molar-refractivity contribution in [3.05, 3.63) is 86.9 Å². The number of hydrogen-bond donors (Lipinski definition) is 2. The summed E-state index contributed by atoms with van der Waals surface area (Å²) in [5.41, 5.74) is 1.38. The van der Waals surface area contributed by atoms with Crippen molar-refractivity contribution in [3.8, 4) is 0 Å². The summed E-state index contributed by atoms with van der Waals surface area (Å²) in [6.07, 6.45) is 3.13. The van der Waals surface area contributed by atoms with E-state index in [1.165, 1.54) is 24.3 Å². The number of halogens is 1. The Kier molecular flexibility index (Phi) is 6.13. The molecule has 0 aliphatic carbocycles. The quantitative estimate of drug-likeness (QED) is 0.249. The van der Waals surface area contributed by atoms with Gasteiger partial charge in [0.25, 0.3) is 5.69 Å². The van der Waals surface area contributed by atoms with E-state index in [9.17, 15) is 14.9 Å². The molecule has 3 rings (SSSR count). The number of non-ortho nitro benzene ring substituents is 1. The number of nitrogens with one attached hydrogen (secondary N) is 2. The van der Waals surface area contributed by atoms with Crippen LogP contribution in [0.3, 0.4) is 0 Å². The highest BCUT2D eigenvalue weighted by Gasteiger charge is 2.10. The van der Waals surface area contributed by atoms with E-state index in [0.717, 1.165) is 16.3 Å². The second kappa shape index (κ2) is 8.73. The number of nitrogens with zero attached hydrogens (tertiary/aromatic N) is 1. The Balaban J connectivity index is 1.65. The first-order valence-corrected chi connectivity index (χ1v) is 9.36. The van der Waals surface area contributed by atoms with Crippen LogP contribution in [0, 0.1) is 10.1 Å². The number of hydrogen-bond acceptors (Lipinski definition) is 4. The van der Waals surface area contributed by atoms with Gasteiger partial charge < -0.3 is 5.32 Å². The maximum absolute atomic E-state index is 12.2. The van der Waals surface area contributed by atoms with Crippen molar-refractivity contribution >= 4 is 67.4 Å². The van der Waals surface area contributed by atoms with Gasteiger partial charge in [0.2, 0.25) is 5.91 Å². The molecule has 8 heteroatoms. The van der Waals surface area contributed by atoms with Crippen LogP contribution in [0.4, 0.5) is 11.4 Å². The molecule has 0 bridgehead atoms. The molecular weight excluding hydrogens is 442 g/mol. The van der Waals surface area contributed by atoms with Crippen molar-refractivity contribution in [1.82, 2.24) is 5.32 Å². The average Bonchev–Trinajstić information content (AvgIpc) is 2.67. The molecule has 0 atom stereocenters. The molecule has 0 fully saturated rings. The Morgan fingerprint density at radius 2 is 1.86 bits per heavy atom. The van der Waals surface area contributed by atoms with Gasteiger partial charge in [0, 0.05) is 22.7 Å². The van der Waals surface area contributed by atoms with E-state index in [-0.39, 0.29) is 16.7 Å². The Morgan fingerprint density at radius 1 is 1.11 bits per heavy atom. The second-order valence-electron chi connectivity index (χ2n) is 5.77. The van der Waals surface area contributed by atoms with Crippen LogP contribution in [0.5, 0.6) is 0 Å². The lowest BCUT2D eigenvalue weighted by Gasteiger charge is -2.09. The van der Waals surface area contributed by atoms with Gasteiger partial charge in [-0.2, -0.15) is 0 Å². The third-order valence-electron chi connectivity index (χ3n) is 3.89. The van der Waals surface area contributed by atoms with Gasteiger partial charge in [-0.1, -0.05) is 42.5 Å². The highest BCUT2D eigenvalue weighted by molar-refractivity contribution is 9.10. The zero-order valence-corrected chi connectivity index (χ0v) is 16.8. The highest BCUT2D eigenvalue weighted by atomic mass is 79.9. The van der Waals surface area contributed by atoms with E-state index in [2.05, 4.69) is 26.6 Å². The fourth-order valence-electron chi connectivity index (χ4n) is 2.59. The number of nitro benzene ring substituents is 1. The van der Waals surface area contributed by atoms with Gasteiger partial charge in [-0.15, -0.1) is 0 Å². The van der Waals surface area contributed by atoms with Crippen molar-refractivity contribution in [3.63, 3.8) is 0 Å². The Hall–Kier alpha value is -3.10. The lowest BCUT2D eigenvalue weighted by Crippen LogP contribution is -2.32. The summed E-state index contributed by atoms with van der Waals surface area (Å²) in [7, 11) is 0. The predicted octanol–water partition coefficient (Wildman–Crippen LogP) is 5.04. The van der Waals surface area contributed by atoms with Crippen molar-refractivity contribution in [2.75, 3.05) is 5.32 Å². The van der Waals surface area contributed by atoms with Gasteiger partial charge >= 0.3 is 0 Å². The number of carbonyl (C=O) groups is 1. The van der Waals surface area contributed by atoms with Crippen LogP contribution in [0.15, 0.2) is 71.2 Å². The summed E-state index contributed by atoms with van der Waals surface area (Å²) >= 11 is 8.37. The Bertz CT molecular complexity index is 1110. The van der Waals surface area contributed by atoms with Gasteiger partial charge in [-0.05, 0) is 56.6 Å². The molecule has 6 nitrogen and oxygen atoms in total. The van der Waals surface area contributed by atoms with Crippen LogP contribution in [-0.4, -0.2) is 15.9 Å². The van der Waals surface area contributed by atoms with Crippen molar-refractivity contribution in [2.45, 2.75) is 0 Å². The van der Waals surface area contributed by atoms with E-state index >= 15 is 0 Å². The summed E-state index contributed by atoms with van der Waals surface area (Å²) in [6.45, 7) is 0. The molecule has 0 saturated heterocycles. The SMILES string of the molecule is O=C(C=Cc1cccc2ccccc12)NC(=S)Nc1ccc([N+](=O)[O-])cc1Br. The highest BCUT2D eigenvalue weighted by Crippen LogP contribution is 2.27. The topological polar surface area (TPSA) is 84.3 Å². The fraction of sp³-hybridized carbons (Fsp3) is 0. The Labute approximate surface area is 174 Å². The molecule has 0 aliphatic heterocycles. The maximum Gasteiger partial charge on any atom is 0.270 e. The smallest absolute Gasteiger partial charge is 0.270 e. The van der Waals surface area contributed by atoms with Gasteiger partial charge in [0.15, 0.2) is 5.11 Å². The molecule has 0 unspecified atom stereocenters. The number of nitro groups is 1. The minimum absolute atomic E-state index is 0.0506. The van der Waals surface area contributed by atoms with Crippen LogP contribution in [0.25, 0.3) is 16.8 Å². The van der Waals surface area contributed by atoms with Gasteiger partial charge in [-0.25, -0.2) is 0 Å². The summed E-state index contributed by atoms with van der Waals surface area (Å²) in [5.74, 6) is -0.386. The summed E-state index contributed by atoms with van der Waals surface area (Å²) in [4.78, 5) is 22.4. The van der Waals surface area contributed by atoms with Crippen molar-refractivity contribution in [1.29, 1.82) is 0 Å². The molecule has 1 amide bonds. The number of fused-ring (bicyclic) bond motifs is 1. The largest absolute Gasteiger partial charge is 0.331 e. The molecular formula is C20H14BrN3O3S. The minimum Gasteiger partial charge on any atom is -0.331 e. The van der Waals surface area contributed by atoms with Crippen LogP contribution >= 0.6 is 28.1 Å². The standard InChI is InChI=1S/C20H14BrN3O3S/c21-17-12-15(24(26)27)9-10-18(17)22-20(28)23-19(25)11-8-14-6-3-5-13-4-1-2-7-16(13)14/h1-12H,(H2,22,23,25,28). The zero-order valence-electron chi connectivity index (χ0n) is 14.4. The molecule has 3 aromatic carbocycles. The molecule has 0 radical (unpaired) electrons. The van der Waals surface area contributed by atoms with Gasteiger partial charge in [-0.3, -0.25) is 20.2 Å². The molecule has 28 heavy (non-hydrogen) atoms. The lowest BCUT2D eigenvalue weighted by molar-refractivity contribution is -0.384. The minimum atomic E-state index is -0.493. The Morgan fingerprint density at radius 3 is 2.61 bits per heavy atom. The summed E-state index contributed by atoms with van der Waals surface area (Å²) < 4.78 is 0.463. The molecule has 0 heterocycles. The molecule has 0 aliphatic rings. The summed E-state index contributed by atoms with van der Waals surface area (Å²) in [5, 5.41) is 18.4. The fourth-order valence-corrected chi connectivity index (χ4v) is 3.26. The molecule has 2 N–H and O–H groups in total. The number of carbonyl (C=O) groups excluding carboxylic acids is 1. The third-order valence-corrected chi connectivity index (χ3v) is 4.75. The van der Waals surface area contributed by atoms with Crippen molar-refractivity contribution < 1.29 is 9.72 Å². The van der Waals surface area contributed by atoms with Gasteiger partial charge in [0.05, 0.1) is 10.6 Å². The lowest BCUT2D eigenvalue weighted by atomic mass is 10.0. The predicted molar refractivity (Wildman–Crippen MR) is 118 cm³/mol. The zero-order chi connectivity index (χ0) is 20.1. The maximum atomic E-state index is 12.2. The molecule has 0 saturated carbocycles. The van der Waals surface area contributed by atoms with E-state index in [1.54, 1.807) is 6.08 Å². The normalized spacial score (nSPS) is 10.8. The van der Waals surface area contributed by atoms with Crippen LogP contribution in [-0.2, 0) is 4.79 Å². The number of anilines is 1. The number of benzene rings is 3. The van der Waals surface area contributed by atoms with E-state index in [0.29, 0.717) is 10.2 Å².